The molecule has 1 heterocycles. The smallest absolute Gasteiger partial charge is 0.309 e. The number of hydroxylamine groups is 1. The molecule has 9 heteroatoms. The van der Waals surface area contributed by atoms with Crippen LogP contribution in [0.4, 0.5) is 17.1 Å². The molecule has 2 amide bonds. The van der Waals surface area contributed by atoms with E-state index in [2.05, 4.69) is 10.4 Å². The fourth-order valence-electron chi connectivity index (χ4n) is 3.12. The molecule has 0 saturated carbocycles. The number of nitrogens with one attached hydrogen (secondary N) is 1. The number of benzene rings is 2. The molecule has 31 heavy (non-hydrogen) atoms. The lowest BCUT2D eigenvalue weighted by atomic mass is 10.1. The molecule has 1 aliphatic rings. The van der Waals surface area contributed by atoms with E-state index in [1.165, 1.54) is 13.3 Å². The molecule has 0 aromatic heterocycles. The molecule has 2 aromatic rings. The van der Waals surface area contributed by atoms with Gasteiger partial charge in [-0.2, -0.15) is 15.2 Å². The summed E-state index contributed by atoms with van der Waals surface area (Å²) in [7, 11) is 1.36. The van der Waals surface area contributed by atoms with Gasteiger partial charge in [-0.15, -0.1) is 0 Å². The van der Waals surface area contributed by atoms with Gasteiger partial charge in [-0.1, -0.05) is 25.1 Å². The van der Waals surface area contributed by atoms with Crippen molar-refractivity contribution in [2.24, 2.45) is 5.10 Å². The van der Waals surface area contributed by atoms with Crippen LogP contribution in [0.25, 0.3) is 0 Å². The van der Waals surface area contributed by atoms with Crippen LogP contribution in [0.5, 0.6) is 0 Å². The van der Waals surface area contributed by atoms with Crippen molar-refractivity contribution in [1.82, 2.24) is 0 Å². The maximum atomic E-state index is 13.0. The molecule has 0 spiro atoms. The van der Waals surface area contributed by atoms with Crippen LogP contribution in [-0.2, 0) is 25.6 Å². The molecule has 0 aliphatic carbocycles. The number of nitrogens with zero attached hydrogens (tertiary/aromatic N) is 3. The van der Waals surface area contributed by atoms with Crippen molar-refractivity contribution in [3.63, 3.8) is 0 Å². The molecule has 0 unspecified atom stereocenters. The number of hydrogen-bond donors (Lipinski definition) is 2. The summed E-state index contributed by atoms with van der Waals surface area (Å²) in [5.41, 5.74) is 3.11. The number of carboxylic acid groups (broad SMARTS) is 1. The maximum Gasteiger partial charge on any atom is 0.309 e. The van der Waals surface area contributed by atoms with Gasteiger partial charge in [0, 0.05) is 11.9 Å². The van der Waals surface area contributed by atoms with Gasteiger partial charge in [-0.05, 0) is 42.3 Å². The van der Waals surface area contributed by atoms with Crippen LogP contribution in [0.1, 0.15) is 18.9 Å². The molecule has 0 fully saturated rings. The maximum absolute atomic E-state index is 13.0. The quantitative estimate of drug-likeness (QED) is 0.365. The van der Waals surface area contributed by atoms with Gasteiger partial charge in [-0.3, -0.25) is 19.2 Å². The van der Waals surface area contributed by atoms with E-state index in [1.807, 2.05) is 31.2 Å². The molecule has 160 valence electrons. The van der Waals surface area contributed by atoms with Gasteiger partial charge in [0.15, 0.2) is 0 Å². The zero-order valence-electron chi connectivity index (χ0n) is 17.1. The molecule has 0 saturated heterocycles. The Hall–Kier alpha value is -3.98. The second-order valence-electron chi connectivity index (χ2n) is 6.58. The third-order valence-electron chi connectivity index (χ3n) is 4.68. The second-order valence-corrected chi connectivity index (χ2v) is 6.58. The van der Waals surface area contributed by atoms with Crippen molar-refractivity contribution >= 4 is 41.1 Å². The number of carboxylic acids is 1. The number of rotatable bonds is 9. The highest BCUT2D eigenvalue weighted by Gasteiger charge is 2.32. The minimum Gasteiger partial charge on any atom is -0.481 e. The SMILES string of the molecule is CCc1ccccc1NC=C1C(=O)N(c2ccc(N(C=O)OC)cc2)N=C1CC(=O)O. The average molecular weight is 422 g/mol. The predicted octanol–water partition coefficient (Wildman–Crippen LogP) is 2.95. The van der Waals surface area contributed by atoms with E-state index >= 15 is 0 Å². The third-order valence-corrected chi connectivity index (χ3v) is 4.68. The van der Waals surface area contributed by atoms with Gasteiger partial charge < -0.3 is 10.4 Å². The summed E-state index contributed by atoms with van der Waals surface area (Å²) in [4.78, 5) is 40.2. The van der Waals surface area contributed by atoms with Gasteiger partial charge in [0.1, 0.15) is 0 Å². The van der Waals surface area contributed by atoms with E-state index in [0.29, 0.717) is 17.8 Å². The van der Waals surface area contributed by atoms with Crippen molar-refractivity contribution in [3.8, 4) is 0 Å². The Morgan fingerprint density at radius 3 is 2.55 bits per heavy atom. The lowest BCUT2D eigenvalue weighted by Gasteiger charge is -2.16. The summed E-state index contributed by atoms with van der Waals surface area (Å²) in [6.07, 6.45) is 2.41. The first-order chi connectivity index (χ1) is 15.0. The molecule has 0 radical (unpaired) electrons. The van der Waals surface area contributed by atoms with Crippen LogP contribution in [0.15, 0.2) is 65.4 Å². The van der Waals surface area contributed by atoms with E-state index in [0.717, 1.165) is 27.7 Å². The highest BCUT2D eigenvalue weighted by atomic mass is 16.7. The fourth-order valence-corrected chi connectivity index (χ4v) is 3.12. The van der Waals surface area contributed by atoms with Crippen molar-refractivity contribution in [3.05, 3.63) is 65.9 Å². The molecular formula is C22H22N4O5. The Morgan fingerprint density at radius 2 is 1.94 bits per heavy atom. The number of amides is 2. The number of carbonyl (C=O) groups excluding carboxylic acids is 2. The Balaban J connectivity index is 1.90. The molecule has 0 atom stereocenters. The van der Waals surface area contributed by atoms with Crippen LogP contribution in [0.3, 0.4) is 0 Å². The van der Waals surface area contributed by atoms with Crippen LogP contribution in [0.2, 0.25) is 0 Å². The summed E-state index contributed by atoms with van der Waals surface area (Å²) in [6.45, 7) is 2.02. The average Bonchev–Trinajstić information content (AvgIpc) is 3.08. The summed E-state index contributed by atoms with van der Waals surface area (Å²) in [5, 5.41) is 18.7. The predicted molar refractivity (Wildman–Crippen MR) is 117 cm³/mol. The van der Waals surface area contributed by atoms with E-state index in [9.17, 15) is 19.5 Å². The Bertz CT molecular complexity index is 1050. The van der Waals surface area contributed by atoms with E-state index in [4.69, 9.17) is 4.84 Å². The van der Waals surface area contributed by atoms with Gasteiger partial charge in [0.2, 0.25) is 6.41 Å². The molecule has 2 aromatic carbocycles. The summed E-state index contributed by atoms with van der Waals surface area (Å²) >= 11 is 0. The van der Waals surface area contributed by atoms with Crippen LogP contribution < -0.4 is 15.4 Å². The molecular weight excluding hydrogens is 400 g/mol. The lowest BCUT2D eigenvalue weighted by molar-refractivity contribution is -0.135. The third kappa shape index (κ3) is 4.78. The molecule has 0 bridgehead atoms. The zero-order valence-corrected chi connectivity index (χ0v) is 17.1. The molecule has 2 N–H and O–H groups in total. The van der Waals surface area contributed by atoms with Crippen molar-refractivity contribution in [1.29, 1.82) is 0 Å². The monoisotopic (exact) mass is 422 g/mol. The number of para-hydroxylation sites is 1. The summed E-state index contributed by atoms with van der Waals surface area (Å²) < 4.78 is 0. The van der Waals surface area contributed by atoms with Crippen LogP contribution in [0, 0.1) is 0 Å². The number of hydrogen-bond acceptors (Lipinski definition) is 6. The number of aliphatic carboxylic acids is 1. The zero-order chi connectivity index (χ0) is 22.4. The van der Waals surface area contributed by atoms with Crippen molar-refractivity contribution in [2.45, 2.75) is 19.8 Å². The summed E-state index contributed by atoms with van der Waals surface area (Å²) in [6, 6.07) is 14.0. The first-order valence-corrected chi connectivity index (χ1v) is 9.55. The number of aryl methyl sites for hydroxylation is 1. The number of carbonyl (C=O) groups is 3. The van der Waals surface area contributed by atoms with E-state index < -0.39 is 18.3 Å². The Morgan fingerprint density at radius 1 is 1.23 bits per heavy atom. The van der Waals surface area contributed by atoms with Gasteiger partial charge >= 0.3 is 5.97 Å². The normalized spacial score (nSPS) is 14.5. The fraction of sp³-hybridized carbons (Fsp3) is 0.182. The Kier molecular flexibility index (Phi) is 6.78. The number of hydrazone groups is 1. The summed E-state index contributed by atoms with van der Waals surface area (Å²) in [5.74, 6) is -1.55. The topological polar surface area (TPSA) is 112 Å². The second kappa shape index (κ2) is 9.68. The lowest BCUT2D eigenvalue weighted by Crippen LogP contribution is -2.23. The van der Waals surface area contributed by atoms with E-state index in [1.54, 1.807) is 24.3 Å². The highest BCUT2D eigenvalue weighted by molar-refractivity contribution is 6.32. The molecule has 9 nitrogen and oxygen atoms in total. The molecule has 1 aliphatic heterocycles. The molecule has 3 rings (SSSR count). The van der Waals surface area contributed by atoms with E-state index in [-0.39, 0.29) is 11.3 Å². The minimum absolute atomic E-state index is 0.148. The van der Waals surface area contributed by atoms with Crippen molar-refractivity contribution < 1.29 is 24.3 Å². The largest absolute Gasteiger partial charge is 0.481 e. The van der Waals surface area contributed by atoms with Crippen molar-refractivity contribution in [2.75, 3.05) is 22.5 Å². The first-order valence-electron chi connectivity index (χ1n) is 9.55. The van der Waals surface area contributed by atoms with Crippen LogP contribution >= 0.6 is 0 Å². The van der Waals surface area contributed by atoms with Gasteiger partial charge in [0.25, 0.3) is 5.91 Å². The highest BCUT2D eigenvalue weighted by Crippen LogP contribution is 2.27. The number of anilines is 3. The first kappa shape index (κ1) is 21.7. The minimum atomic E-state index is -1.09. The van der Waals surface area contributed by atoms with Crippen LogP contribution in [-0.4, -0.2) is 36.2 Å². The Labute approximate surface area is 179 Å². The van der Waals surface area contributed by atoms with Gasteiger partial charge in [0.05, 0.1) is 36.2 Å². The van der Waals surface area contributed by atoms with Gasteiger partial charge in [-0.25, -0.2) is 0 Å². The standard InChI is InChI=1S/C22H22N4O5/c1-3-15-6-4-5-7-19(15)23-13-18-20(12-21(28)29)24-26(22(18)30)17-10-8-16(9-11-17)25(14-27)31-2/h4-11,13-14,23H,3,12H2,1-2H3,(H,28,29).